The van der Waals surface area contributed by atoms with Gasteiger partial charge in [0.25, 0.3) is 0 Å². The van der Waals surface area contributed by atoms with Gasteiger partial charge in [-0.1, -0.05) is 18.2 Å². The average molecular weight is 281 g/mol. The van der Waals surface area contributed by atoms with Gasteiger partial charge in [-0.2, -0.15) is 5.10 Å². The minimum atomic E-state index is -0.941. The Kier molecular flexibility index (Phi) is 2.78. The molecule has 0 aliphatic heterocycles. The normalized spacial score (nSPS) is 10.4. The maximum atomic E-state index is 11.1. The van der Waals surface area contributed by atoms with Crippen molar-refractivity contribution in [2.45, 2.75) is 0 Å². The Labute approximate surface area is 101 Å². The van der Waals surface area contributed by atoms with Crippen LogP contribution in [0.5, 0.6) is 0 Å². The number of benzene rings is 1. The van der Waals surface area contributed by atoms with Crippen LogP contribution in [0.15, 0.2) is 34.9 Å². The molecule has 1 N–H and O–H groups in total. The third kappa shape index (κ3) is 1.74. The van der Waals surface area contributed by atoms with Crippen molar-refractivity contribution >= 4 is 21.9 Å². The second-order valence-electron chi connectivity index (χ2n) is 3.32. The Morgan fingerprint density at radius 3 is 2.69 bits per heavy atom. The van der Waals surface area contributed by atoms with Crippen molar-refractivity contribution in [3.05, 3.63) is 40.5 Å². The summed E-state index contributed by atoms with van der Waals surface area (Å²) in [7, 11) is 1.78. The van der Waals surface area contributed by atoms with Gasteiger partial charge in [0.2, 0.25) is 0 Å². The van der Waals surface area contributed by atoms with Crippen LogP contribution in [0.4, 0.5) is 0 Å². The fourth-order valence-corrected chi connectivity index (χ4v) is 2.15. The minimum absolute atomic E-state index is 0.270. The van der Waals surface area contributed by atoms with E-state index in [1.54, 1.807) is 42.2 Å². The topological polar surface area (TPSA) is 55.1 Å². The number of carboxylic acids is 1. The number of hydrogen-bond acceptors (Lipinski definition) is 2. The zero-order valence-corrected chi connectivity index (χ0v) is 10.1. The summed E-state index contributed by atoms with van der Waals surface area (Å²) >= 11 is 3.36. The fourth-order valence-electron chi connectivity index (χ4n) is 1.59. The van der Waals surface area contributed by atoms with Gasteiger partial charge in [-0.05, 0) is 22.0 Å². The molecular weight excluding hydrogens is 272 g/mol. The van der Waals surface area contributed by atoms with Gasteiger partial charge in [-0.15, -0.1) is 0 Å². The molecule has 0 aliphatic carbocycles. The molecule has 2 aromatic rings. The van der Waals surface area contributed by atoms with Crippen LogP contribution in [0.1, 0.15) is 10.4 Å². The zero-order valence-electron chi connectivity index (χ0n) is 8.51. The third-order valence-corrected chi connectivity index (χ3v) is 2.89. The molecule has 0 spiro atoms. The molecule has 5 heteroatoms. The highest BCUT2D eigenvalue weighted by molar-refractivity contribution is 9.10. The van der Waals surface area contributed by atoms with E-state index < -0.39 is 5.97 Å². The number of aromatic nitrogens is 2. The first-order chi connectivity index (χ1) is 7.61. The predicted molar refractivity (Wildman–Crippen MR) is 63.3 cm³/mol. The van der Waals surface area contributed by atoms with Crippen molar-refractivity contribution in [1.82, 2.24) is 9.78 Å². The van der Waals surface area contributed by atoms with E-state index in [2.05, 4.69) is 21.0 Å². The minimum Gasteiger partial charge on any atom is -0.478 e. The van der Waals surface area contributed by atoms with Crippen LogP contribution in [0.3, 0.4) is 0 Å². The lowest BCUT2D eigenvalue weighted by Gasteiger charge is -2.06. The number of hydrogen-bond donors (Lipinski definition) is 1. The maximum Gasteiger partial charge on any atom is 0.336 e. The highest BCUT2D eigenvalue weighted by atomic mass is 79.9. The van der Waals surface area contributed by atoms with E-state index in [0.29, 0.717) is 5.56 Å². The van der Waals surface area contributed by atoms with Gasteiger partial charge in [0, 0.05) is 12.6 Å². The predicted octanol–water partition coefficient (Wildman–Crippen LogP) is 2.55. The molecule has 1 heterocycles. The molecule has 0 saturated carbocycles. The lowest BCUT2D eigenvalue weighted by Crippen LogP contribution is -2.02. The van der Waals surface area contributed by atoms with Gasteiger partial charge in [0.05, 0.1) is 21.9 Å². The number of halogens is 1. The Morgan fingerprint density at radius 2 is 2.12 bits per heavy atom. The average Bonchev–Trinajstić information content (AvgIpc) is 2.58. The Morgan fingerprint density at radius 1 is 1.44 bits per heavy atom. The smallest absolute Gasteiger partial charge is 0.336 e. The van der Waals surface area contributed by atoms with E-state index in [1.165, 1.54) is 0 Å². The molecule has 0 fully saturated rings. The number of aromatic carboxylic acids is 1. The van der Waals surface area contributed by atoms with Crippen LogP contribution in [0, 0.1) is 0 Å². The first kappa shape index (κ1) is 10.9. The largest absolute Gasteiger partial charge is 0.478 e. The van der Waals surface area contributed by atoms with Crippen LogP contribution in [-0.4, -0.2) is 20.9 Å². The quantitative estimate of drug-likeness (QED) is 0.920. The molecule has 16 heavy (non-hydrogen) atoms. The summed E-state index contributed by atoms with van der Waals surface area (Å²) < 4.78 is 2.43. The van der Waals surface area contributed by atoms with E-state index >= 15 is 0 Å². The van der Waals surface area contributed by atoms with Crippen LogP contribution in [0.25, 0.3) is 11.3 Å². The highest BCUT2D eigenvalue weighted by Gasteiger charge is 2.16. The molecule has 2 rings (SSSR count). The molecule has 4 nitrogen and oxygen atoms in total. The number of aryl methyl sites for hydroxylation is 1. The molecule has 0 aliphatic rings. The van der Waals surface area contributed by atoms with Crippen molar-refractivity contribution < 1.29 is 9.90 Å². The molecular formula is C11H9BrN2O2. The first-order valence-corrected chi connectivity index (χ1v) is 5.40. The van der Waals surface area contributed by atoms with Crippen molar-refractivity contribution in [3.8, 4) is 11.3 Å². The lowest BCUT2D eigenvalue weighted by atomic mass is 10.0. The van der Waals surface area contributed by atoms with Crippen LogP contribution >= 0.6 is 15.9 Å². The van der Waals surface area contributed by atoms with Gasteiger partial charge < -0.3 is 5.11 Å². The Hall–Kier alpha value is -1.62. The summed E-state index contributed by atoms with van der Waals surface area (Å²) in [4.78, 5) is 11.1. The van der Waals surface area contributed by atoms with Crippen molar-refractivity contribution in [3.63, 3.8) is 0 Å². The standard InChI is InChI=1S/C11H9BrN2O2/c1-14-10(9(12)6-13-14)7-4-2-3-5-8(7)11(15)16/h2-6H,1H3,(H,15,16). The monoisotopic (exact) mass is 280 g/mol. The second kappa shape index (κ2) is 4.09. The van der Waals surface area contributed by atoms with Crippen molar-refractivity contribution in [2.24, 2.45) is 7.05 Å². The van der Waals surface area contributed by atoms with Gasteiger partial charge in [-0.25, -0.2) is 4.79 Å². The van der Waals surface area contributed by atoms with Gasteiger partial charge in [-0.3, -0.25) is 4.68 Å². The highest BCUT2D eigenvalue weighted by Crippen LogP contribution is 2.29. The molecule has 0 bridgehead atoms. The molecule has 0 saturated heterocycles. The second-order valence-corrected chi connectivity index (χ2v) is 4.17. The molecule has 0 atom stereocenters. The number of rotatable bonds is 2. The SMILES string of the molecule is Cn1ncc(Br)c1-c1ccccc1C(=O)O. The fraction of sp³-hybridized carbons (Fsp3) is 0.0909. The summed E-state index contributed by atoms with van der Waals surface area (Å²) in [6, 6.07) is 6.86. The van der Waals surface area contributed by atoms with Crippen LogP contribution in [-0.2, 0) is 7.05 Å². The van der Waals surface area contributed by atoms with Crippen molar-refractivity contribution in [2.75, 3.05) is 0 Å². The van der Waals surface area contributed by atoms with Gasteiger partial charge in [0.1, 0.15) is 0 Å². The molecule has 1 aromatic heterocycles. The van der Waals surface area contributed by atoms with Crippen LogP contribution < -0.4 is 0 Å². The summed E-state index contributed by atoms with van der Waals surface area (Å²) in [5.74, 6) is -0.941. The Balaban J connectivity index is 2.69. The van der Waals surface area contributed by atoms with Gasteiger partial charge in [0.15, 0.2) is 0 Å². The van der Waals surface area contributed by atoms with E-state index in [1.807, 2.05) is 0 Å². The molecule has 0 unspecified atom stereocenters. The summed E-state index contributed by atoms with van der Waals surface area (Å²) in [6.07, 6.45) is 1.65. The lowest BCUT2D eigenvalue weighted by molar-refractivity contribution is 0.0697. The number of carboxylic acid groups (broad SMARTS) is 1. The maximum absolute atomic E-state index is 11.1. The van der Waals surface area contributed by atoms with Crippen LogP contribution in [0.2, 0.25) is 0 Å². The zero-order chi connectivity index (χ0) is 11.7. The van der Waals surface area contributed by atoms with Gasteiger partial charge >= 0.3 is 5.97 Å². The molecule has 1 aromatic carbocycles. The molecule has 0 radical (unpaired) electrons. The molecule has 0 amide bonds. The number of carbonyl (C=O) groups is 1. The van der Waals surface area contributed by atoms with E-state index in [9.17, 15) is 4.79 Å². The molecule has 82 valence electrons. The van der Waals surface area contributed by atoms with E-state index in [0.717, 1.165) is 10.2 Å². The third-order valence-electron chi connectivity index (χ3n) is 2.31. The summed E-state index contributed by atoms with van der Waals surface area (Å²) in [6.45, 7) is 0. The van der Waals surface area contributed by atoms with E-state index in [-0.39, 0.29) is 5.56 Å². The van der Waals surface area contributed by atoms with Crippen molar-refractivity contribution in [1.29, 1.82) is 0 Å². The van der Waals surface area contributed by atoms with E-state index in [4.69, 9.17) is 5.11 Å². The first-order valence-electron chi connectivity index (χ1n) is 4.61. The number of nitrogens with zero attached hydrogens (tertiary/aromatic N) is 2. The summed E-state index contributed by atoms with van der Waals surface area (Å²) in [5.41, 5.74) is 1.69. The Bertz CT molecular complexity index is 529. The summed E-state index contributed by atoms with van der Waals surface area (Å²) in [5, 5.41) is 13.2.